The number of aromatic nitrogens is 1. The van der Waals surface area contributed by atoms with Crippen LogP contribution in [0.3, 0.4) is 0 Å². The number of allylic oxidation sites excluding steroid dienone is 2. The lowest BCUT2D eigenvalue weighted by atomic mass is 9.86. The molecule has 3 N–H and O–H groups in total. The van der Waals surface area contributed by atoms with E-state index >= 15 is 0 Å². The van der Waals surface area contributed by atoms with Gasteiger partial charge >= 0.3 is 0 Å². The number of halogens is 2. The van der Waals surface area contributed by atoms with Gasteiger partial charge in [-0.05, 0) is 74.3 Å². The second-order valence-corrected chi connectivity index (χ2v) is 8.51. The van der Waals surface area contributed by atoms with Crippen molar-refractivity contribution in [3.63, 3.8) is 0 Å². The van der Waals surface area contributed by atoms with Gasteiger partial charge < -0.3 is 15.6 Å². The SMILES string of the molecule is CCC(C)c1c2c(cc3c1[nH]c1ccc(F)cc13)C1C=C(F)C=CC1N2.CCCNC. The van der Waals surface area contributed by atoms with E-state index in [4.69, 9.17) is 0 Å². The topological polar surface area (TPSA) is 39.9 Å². The molecule has 164 valence electrons. The number of aromatic amines is 1. The Morgan fingerprint density at radius 1 is 1.13 bits per heavy atom. The molecule has 0 saturated heterocycles. The Labute approximate surface area is 182 Å². The molecular weight excluding hydrogens is 392 g/mol. The Kier molecular flexibility index (Phi) is 6.15. The third-order valence-electron chi connectivity index (χ3n) is 6.39. The zero-order valence-corrected chi connectivity index (χ0v) is 18.7. The second kappa shape index (κ2) is 8.83. The molecule has 0 spiro atoms. The standard InChI is InChI=1S/C22H20F2N2.C4H11N/c1-3-11(2)20-21-16(14-8-12(23)4-6-18(14)25-21)10-17-15-9-13(24)5-7-19(15)26-22(17)20;1-3-4-5-2/h4-11,14,18,25-26H,3H2,1-2H3;5H,3-4H2,1-2H3. The molecule has 0 fully saturated rings. The molecule has 1 aromatic heterocycles. The number of rotatable bonds is 4. The first-order chi connectivity index (χ1) is 15.0. The van der Waals surface area contributed by atoms with Crippen molar-refractivity contribution < 1.29 is 8.78 Å². The van der Waals surface area contributed by atoms with Gasteiger partial charge in [-0.25, -0.2) is 8.78 Å². The molecule has 1 aliphatic heterocycles. The quantitative estimate of drug-likeness (QED) is 0.427. The summed E-state index contributed by atoms with van der Waals surface area (Å²) in [6, 6.07) is 7.02. The third-order valence-corrected chi connectivity index (χ3v) is 6.39. The van der Waals surface area contributed by atoms with Crippen LogP contribution in [-0.4, -0.2) is 24.6 Å². The van der Waals surface area contributed by atoms with Crippen LogP contribution in [0.15, 0.2) is 48.3 Å². The normalized spacial score (nSPS) is 20.0. The summed E-state index contributed by atoms with van der Waals surface area (Å²) in [6.07, 6.45) is 7.33. The largest absolute Gasteiger partial charge is 0.377 e. The average molecular weight is 424 g/mol. The molecule has 0 amide bonds. The van der Waals surface area contributed by atoms with E-state index in [0.717, 1.165) is 46.0 Å². The lowest BCUT2D eigenvalue weighted by Crippen LogP contribution is -2.18. The molecule has 3 nitrogen and oxygen atoms in total. The third kappa shape index (κ3) is 3.87. The van der Waals surface area contributed by atoms with Crippen molar-refractivity contribution in [3.8, 4) is 0 Å². The number of benzene rings is 2. The van der Waals surface area contributed by atoms with Gasteiger partial charge in [0.2, 0.25) is 0 Å². The van der Waals surface area contributed by atoms with Crippen LogP contribution >= 0.6 is 0 Å². The molecule has 5 heteroatoms. The maximum atomic E-state index is 13.9. The molecule has 2 aromatic carbocycles. The van der Waals surface area contributed by atoms with Crippen LogP contribution in [0.4, 0.5) is 14.5 Å². The molecule has 5 rings (SSSR count). The molecular formula is C26H31F2N3. The fraction of sp³-hybridized carbons (Fsp3) is 0.385. The van der Waals surface area contributed by atoms with Gasteiger partial charge in [0.15, 0.2) is 0 Å². The Balaban J connectivity index is 0.000000418. The van der Waals surface area contributed by atoms with Crippen molar-refractivity contribution in [2.75, 3.05) is 18.9 Å². The summed E-state index contributed by atoms with van der Waals surface area (Å²) in [6.45, 7) is 7.66. The monoisotopic (exact) mass is 423 g/mol. The lowest BCUT2D eigenvalue weighted by molar-refractivity contribution is 0.630. The maximum absolute atomic E-state index is 13.9. The summed E-state index contributed by atoms with van der Waals surface area (Å²) < 4.78 is 27.8. The van der Waals surface area contributed by atoms with Gasteiger partial charge in [-0.3, -0.25) is 0 Å². The van der Waals surface area contributed by atoms with E-state index in [1.54, 1.807) is 18.2 Å². The maximum Gasteiger partial charge on any atom is 0.123 e. The van der Waals surface area contributed by atoms with E-state index in [9.17, 15) is 8.78 Å². The van der Waals surface area contributed by atoms with Gasteiger partial charge in [0.25, 0.3) is 0 Å². The van der Waals surface area contributed by atoms with Gasteiger partial charge in [-0.2, -0.15) is 0 Å². The van der Waals surface area contributed by atoms with Gasteiger partial charge in [0, 0.05) is 33.5 Å². The summed E-state index contributed by atoms with van der Waals surface area (Å²) in [4.78, 5) is 3.49. The van der Waals surface area contributed by atoms with Gasteiger partial charge in [0.1, 0.15) is 11.6 Å². The number of anilines is 1. The van der Waals surface area contributed by atoms with Crippen molar-refractivity contribution in [2.24, 2.45) is 0 Å². The molecule has 0 radical (unpaired) electrons. The second-order valence-electron chi connectivity index (χ2n) is 8.51. The van der Waals surface area contributed by atoms with Gasteiger partial charge in [-0.15, -0.1) is 0 Å². The molecule has 2 aliphatic rings. The Bertz CT molecular complexity index is 1160. The predicted octanol–water partition coefficient (Wildman–Crippen LogP) is 6.89. The van der Waals surface area contributed by atoms with E-state index in [1.165, 1.54) is 24.1 Å². The van der Waals surface area contributed by atoms with Crippen LogP contribution in [-0.2, 0) is 0 Å². The number of fused-ring (bicyclic) bond motifs is 6. The van der Waals surface area contributed by atoms with Crippen molar-refractivity contribution in [3.05, 3.63) is 65.3 Å². The van der Waals surface area contributed by atoms with Gasteiger partial charge in [-0.1, -0.05) is 26.8 Å². The Hall–Kier alpha value is -2.66. The minimum Gasteiger partial charge on any atom is -0.377 e. The van der Waals surface area contributed by atoms with E-state index in [0.29, 0.717) is 5.92 Å². The van der Waals surface area contributed by atoms with E-state index < -0.39 is 0 Å². The zero-order valence-electron chi connectivity index (χ0n) is 18.7. The molecule has 0 bridgehead atoms. The van der Waals surface area contributed by atoms with Crippen LogP contribution < -0.4 is 10.6 Å². The van der Waals surface area contributed by atoms with Gasteiger partial charge in [0.05, 0.1) is 11.6 Å². The first-order valence-electron chi connectivity index (χ1n) is 11.2. The minimum atomic E-state index is -0.244. The van der Waals surface area contributed by atoms with Crippen LogP contribution in [0.5, 0.6) is 0 Å². The number of hydrogen-bond acceptors (Lipinski definition) is 2. The van der Waals surface area contributed by atoms with Crippen molar-refractivity contribution in [2.45, 2.75) is 51.5 Å². The highest BCUT2D eigenvalue weighted by Crippen LogP contribution is 2.48. The highest BCUT2D eigenvalue weighted by molar-refractivity contribution is 6.10. The first kappa shape index (κ1) is 21.6. The summed E-state index contributed by atoms with van der Waals surface area (Å²) >= 11 is 0. The average Bonchev–Trinajstić information content (AvgIpc) is 3.30. The number of hydrogen-bond donors (Lipinski definition) is 3. The molecule has 31 heavy (non-hydrogen) atoms. The van der Waals surface area contributed by atoms with Crippen LogP contribution in [0.2, 0.25) is 0 Å². The van der Waals surface area contributed by atoms with E-state index in [2.05, 4.69) is 42.5 Å². The summed E-state index contributed by atoms with van der Waals surface area (Å²) in [5.41, 5.74) is 5.40. The molecule has 3 aromatic rings. The fourth-order valence-corrected chi connectivity index (χ4v) is 4.66. The first-order valence-corrected chi connectivity index (χ1v) is 11.2. The molecule has 1 aliphatic carbocycles. The van der Waals surface area contributed by atoms with Crippen LogP contribution in [0, 0.1) is 5.82 Å². The number of nitrogens with one attached hydrogen (secondary N) is 3. The molecule has 0 saturated carbocycles. The van der Waals surface area contributed by atoms with E-state index in [-0.39, 0.29) is 23.6 Å². The Morgan fingerprint density at radius 3 is 2.61 bits per heavy atom. The summed E-state index contributed by atoms with van der Waals surface area (Å²) in [7, 11) is 1.96. The Morgan fingerprint density at radius 2 is 1.94 bits per heavy atom. The number of H-pyrrole nitrogens is 1. The predicted molar refractivity (Wildman–Crippen MR) is 127 cm³/mol. The zero-order chi connectivity index (χ0) is 22.1. The summed E-state index contributed by atoms with van der Waals surface area (Å²) in [5.74, 6) is -0.140. The minimum absolute atomic E-state index is 0.0271. The van der Waals surface area contributed by atoms with Crippen LogP contribution in [0.25, 0.3) is 21.8 Å². The summed E-state index contributed by atoms with van der Waals surface area (Å²) in [5, 5.41) is 8.51. The molecule has 2 heterocycles. The lowest BCUT2D eigenvalue weighted by Gasteiger charge is -2.17. The van der Waals surface area contributed by atoms with Crippen LogP contribution in [0.1, 0.15) is 56.6 Å². The molecule has 3 atom stereocenters. The highest BCUT2D eigenvalue weighted by Gasteiger charge is 2.35. The van der Waals surface area contributed by atoms with Crippen molar-refractivity contribution >= 4 is 27.5 Å². The van der Waals surface area contributed by atoms with Crippen molar-refractivity contribution in [1.82, 2.24) is 10.3 Å². The smallest absolute Gasteiger partial charge is 0.123 e. The van der Waals surface area contributed by atoms with Crippen molar-refractivity contribution in [1.29, 1.82) is 0 Å². The van der Waals surface area contributed by atoms with E-state index in [1.807, 2.05) is 13.1 Å². The molecule has 3 unspecified atom stereocenters. The fourth-order valence-electron chi connectivity index (χ4n) is 4.66. The highest BCUT2D eigenvalue weighted by atomic mass is 19.1.